The van der Waals surface area contributed by atoms with Crippen LogP contribution in [0.15, 0.2) is 107 Å². The number of benzene rings is 4. The highest BCUT2D eigenvalue weighted by atomic mass is 32.2. The van der Waals surface area contributed by atoms with Crippen LogP contribution in [0.25, 0.3) is 10.8 Å². The van der Waals surface area contributed by atoms with Crippen molar-refractivity contribution in [2.75, 3.05) is 40.3 Å². The second kappa shape index (κ2) is 18.2. The Bertz CT molecular complexity index is 2000. The van der Waals surface area contributed by atoms with Crippen LogP contribution in [-0.4, -0.2) is 88.2 Å². The molecule has 0 spiro atoms. The molecule has 1 saturated heterocycles. The van der Waals surface area contributed by atoms with Gasteiger partial charge in [0.25, 0.3) is 0 Å². The lowest BCUT2D eigenvalue weighted by Gasteiger charge is -2.29. The molecule has 11 heteroatoms. The molecular formula is C43H54N6O4S. The lowest BCUT2D eigenvalue weighted by Crippen LogP contribution is -2.55. The quantitative estimate of drug-likeness (QED) is 0.114. The number of carbonyl (C=O) groups is 2. The molecule has 54 heavy (non-hydrogen) atoms. The highest BCUT2D eigenvalue weighted by Crippen LogP contribution is 2.29. The van der Waals surface area contributed by atoms with Crippen molar-refractivity contribution in [2.45, 2.75) is 68.3 Å². The highest BCUT2D eigenvalue weighted by Gasteiger charge is 2.33. The Morgan fingerprint density at radius 2 is 1.41 bits per heavy atom. The largest absolute Gasteiger partial charge is 0.384 e. The molecule has 4 aromatic rings. The number of amides is 2. The van der Waals surface area contributed by atoms with Crippen molar-refractivity contribution in [3.63, 3.8) is 0 Å². The number of fused-ring (bicyclic) bond motifs is 1. The van der Waals surface area contributed by atoms with Gasteiger partial charge in [0.2, 0.25) is 21.8 Å². The van der Waals surface area contributed by atoms with Crippen LogP contribution in [0.4, 0.5) is 0 Å². The zero-order valence-corrected chi connectivity index (χ0v) is 32.3. The molecule has 2 amide bonds. The van der Waals surface area contributed by atoms with Crippen molar-refractivity contribution in [3.05, 3.63) is 114 Å². The van der Waals surface area contributed by atoms with Gasteiger partial charge in [-0.3, -0.25) is 14.6 Å². The van der Waals surface area contributed by atoms with E-state index < -0.39 is 28.0 Å². The van der Waals surface area contributed by atoms with Crippen LogP contribution in [-0.2, 0) is 32.5 Å². The van der Waals surface area contributed by atoms with Gasteiger partial charge in [-0.05, 0) is 105 Å². The van der Waals surface area contributed by atoms with Crippen LogP contribution >= 0.6 is 0 Å². The molecule has 1 saturated carbocycles. The third kappa shape index (κ3) is 10.5. The predicted molar refractivity (Wildman–Crippen MR) is 216 cm³/mol. The molecule has 10 nitrogen and oxygen atoms in total. The molecule has 2 aliphatic rings. The number of nitrogens with one attached hydrogen (secondary N) is 2. The summed E-state index contributed by atoms with van der Waals surface area (Å²) >= 11 is 0. The Hall–Kier alpha value is -4.58. The van der Waals surface area contributed by atoms with E-state index >= 15 is 0 Å². The predicted octanol–water partition coefficient (Wildman–Crippen LogP) is 5.15. The lowest BCUT2D eigenvalue weighted by molar-refractivity contribution is -0.136. The molecule has 1 heterocycles. The third-order valence-corrected chi connectivity index (χ3v) is 12.2. The summed E-state index contributed by atoms with van der Waals surface area (Å²) in [5, 5.41) is 4.65. The van der Waals surface area contributed by atoms with Gasteiger partial charge in [-0.1, -0.05) is 84.9 Å². The maximum absolute atomic E-state index is 14.2. The molecule has 0 radical (unpaired) electrons. The van der Waals surface area contributed by atoms with Crippen molar-refractivity contribution < 1.29 is 18.0 Å². The van der Waals surface area contributed by atoms with E-state index in [-0.39, 0.29) is 23.6 Å². The van der Waals surface area contributed by atoms with Crippen molar-refractivity contribution in [2.24, 2.45) is 22.6 Å². The van der Waals surface area contributed by atoms with Crippen molar-refractivity contribution in [3.8, 4) is 0 Å². The summed E-state index contributed by atoms with van der Waals surface area (Å²) in [7, 11) is 0.156. The fourth-order valence-electron chi connectivity index (χ4n) is 7.74. The summed E-state index contributed by atoms with van der Waals surface area (Å²) in [4.78, 5) is 36.9. The summed E-state index contributed by atoms with van der Waals surface area (Å²) in [6, 6.07) is 27.3. The minimum absolute atomic E-state index is 0.0621. The molecule has 286 valence electrons. The molecule has 6 rings (SSSR count). The zero-order chi connectivity index (χ0) is 38.1. The van der Waals surface area contributed by atoms with Gasteiger partial charge in [0.15, 0.2) is 0 Å². The topological polar surface area (TPSA) is 137 Å². The van der Waals surface area contributed by atoms with Crippen molar-refractivity contribution in [1.29, 1.82) is 0 Å². The average Bonchev–Trinajstić information content (AvgIpc) is 3.72. The molecule has 0 bridgehead atoms. The average molecular weight is 751 g/mol. The molecule has 1 aliphatic heterocycles. The maximum atomic E-state index is 14.2. The highest BCUT2D eigenvalue weighted by molar-refractivity contribution is 7.89. The number of aliphatic imine (C=N–C) groups is 1. The summed E-state index contributed by atoms with van der Waals surface area (Å²) in [5.74, 6) is 1.06. The number of hydrogen-bond acceptors (Lipinski definition) is 6. The summed E-state index contributed by atoms with van der Waals surface area (Å²) < 4.78 is 30.2. The van der Waals surface area contributed by atoms with Crippen molar-refractivity contribution >= 4 is 38.4 Å². The number of hydrogen-bond donors (Lipinski definition) is 3. The van der Waals surface area contributed by atoms with Crippen LogP contribution in [0.5, 0.6) is 0 Å². The van der Waals surface area contributed by atoms with Crippen LogP contribution in [0.3, 0.4) is 0 Å². The molecule has 0 unspecified atom stereocenters. The fourth-order valence-corrected chi connectivity index (χ4v) is 8.97. The summed E-state index contributed by atoms with van der Waals surface area (Å²) in [5.41, 5.74) is 8.89. The first-order chi connectivity index (χ1) is 26.0. The Labute approximate surface area is 320 Å². The van der Waals surface area contributed by atoms with E-state index in [9.17, 15) is 18.0 Å². The maximum Gasteiger partial charge on any atom is 0.245 e. The Morgan fingerprint density at radius 3 is 2.09 bits per heavy atom. The number of sulfonamides is 1. The standard InChI is InChI=1S/C43H54N6O4S/c1-48(2)30-34-16-14-33(15-17-34)29-45-41(44)36-20-18-32(19-21-36)27-40(43(51)49-24-8-9-25-49)46-42(50)39(26-31-10-4-3-5-11-31)47-54(52,53)38-23-22-35-12-6-7-13-37(35)28-38/h3-7,10-13,18-23,28,33-34,39-40,47H,8-9,14-17,24-27,29-30H2,1-2H3,(H2,44,45)(H,46,50)/t33?,34?,39-,40-/m1/s1. The molecule has 4 N–H and O–H groups in total. The van der Waals surface area contributed by atoms with Gasteiger partial charge in [-0.15, -0.1) is 0 Å². The number of nitrogens with two attached hydrogens (primary N) is 1. The number of carbonyl (C=O) groups excluding carboxylic acids is 2. The van der Waals surface area contributed by atoms with Crippen molar-refractivity contribution in [1.82, 2.24) is 19.8 Å². The molecule has 2 atom stereocenters. The second-order valence-corrected chi connectivity index (χ2v) is 17.0. The van der Waals surface area contributed by atoms with Gasteiger partial charge < -0.3 is 20.9 Å². The summed E-state index contributed by atoms with van der Waals surface area (Å²) in [6.45, 7) is 3.10. The number of likely N-dealkylation sites (tertiary alicyclic amines) is 1. The van der Waals surface area contributed by atoms with Gasteiger partial charge in [-0.25, -0.2) is 8.42 Å². The lowest BCUT2D eigenvalue weighted by atomic mass is 9.82. The monoisotopic (exact) mass is 750 g/mol. The Kier molecular flexibility index (Phi) is 13.2. The van der Waals surface area contributed by atoms with E-state index in [0.29, 0.717) is 24.8 Å². The second-order valence-electron chi connectivity index (χ2n) is 15.2. The SMILES string of the molecule is CN(C)CC1CCC(CN=C(N)c2ccc(C[C@@H](NC(=O)[C@@H](Cc3ccccc3)NS(=O)(=O)c3ccc4ccccc4c3)C(=O)N3CCCC3)cc2)CC1. The van der Waals surface area contributed by atoms with E-state index in [1.54, 1.807) is 23.1 Å². The minimum Gasteiger partial charge on any atom is -0.384 e. The first kappa shape index (κ1) is 39.1. The van der Waals surface area contributed by atoms with Gasteiger partial charge >= 0.3 is 0 Å². The smallest absolute Gasteiger partial charge is 0.245 e. The van der Waals surface area contributed by atoms with E-state index in [2.05, 4.69) is 29.0 Å². The van der Waals surface area contributed by atoms with Crippen LogP contribution in [0, 0.1) is 11.8 Å². The van der Waals surface area contributed by atoms with E-state index in [1.807, 2.05) is 78.9 Å². The van der Waals surface area contributed by atoms with E-state index in [4.69, 9.17) is 10.7 Å². The molecule has 2 fully saturated rings. The number of amidine groups is 1. The van der Waals surface area contributed by atoms with Crippen LogP contribution in [0.2, 0.25) is 0 Å². The number of rotatable bonds is 15. The van der Waals surface area contributed by atoms with Crippen LogP contribution in [0.1, 0.15) is 55.2 Å². The van der Waals surface area contributed by atoms with Gasteiger partial charge in [0.05, 0.1) is 4.90 Å². The molecule has 0 aromatic heterocycles. The van der Waals surface area contributed by atoms with Crippen LogP contribution < -0.4 is 15.8 Å². The first-order valence-corrected chi connectivity index (χ1v) is 20.7. The van der Waals surface area contributed by atoms with Gasteiger partial charge in [-0.2, -0.15) is 4.72 Å². The molecule has 1 aliphatic carbocycles. The summed E-state index contributed by atoms with van der Waals surface area (Å²) in [6.07, 6.45) is 6.94. The normalized spacial score (nSPS) is 19.2. The first-order valence-electron chi connectivity index (χ1n) is 19.2. The zero-order valence-electron chi connectivity index (χ0n) is 31.5. The Balaban J connectivity index is 1.16. The third-order valence-electron chi connectivity index (χ3n) is 10.8. The molecule has 4 aromatic carbocycles. The van der Waals surface area contributed by atoms with E-state index in [0.717, 1.165) is 59.3 Å². The molecular weight excluding hydrogens is 697 g/mol. The van der Waals surface area contributed by atoms with Gasteiger partial charge in [0.1, 0.15) is 17.9 Å². The van der Waals surface area contributed by atoms with Gasteiger partial charge in [0, 0.05) is 38.2 Å². The Morgan fingerprint density at radius 1 is 0.796 bits per heavy atom. The minimum atomic E-state index is -4.11. The fraction of sp³-hybridized carbons (Fsp3) is 0.419. The van der Waals surface area contributed by atoms with E-state index in [1.165, 1.54) is 25.7 Å². The number of nitrogens with zero attached hydrogens (tertiary/aromatic N) is 3.